The van der Waals surface area contributed by atoms with Crippen LogP contribution in [0.5, 0.6) is 0 Å². The van der Waals surface area contributed by atoms with Gasteiger partial charge in [0.1, 0.15) is 30.2 Å². The lowest BCUT2D eigenvalue weighted by Gasteiger charge is -2.22. The van der Waals surface area contributed by atoms with Crippen molar-refractivity contribution < 1.29 is 35.1 Å². The highest BCUT2D eigenvalue weighted by molar-refractivity contribution is 5.72. The SMILES string of the molecule is CC(C)=O.O=C[C@H](O)[C@@H](O)[C@@H](O)[C@H](O)CO. The van der Waals surface area contributed by atoms with Gasteiger partial charge in [-0.2, -0.15) is 0 Å². The fourth-order valence-corrected chi connectivity index (χ4v) is 0.618. The number of carbonyl (C=O) groups is 2. The fraction of sp³-hybridized carbons (Fsp3) is 0.778. The third-order valence-electron chi connectivity index (χ3n) is 1.42. The van der Waals surface area contributed by atoms with Crippen molar-refractivity contribution in [3.63, 3.8) is 0 Å². The zero-order chi connectivity index (χ0) is 13.3. The summed E-state index contributed by atoms with van der Waals surface area (Å²) in [4.78, 5) is 19.3. The first-order valence-electron chi connectivity index (χ1n) is 4.53. The van der Waals surface area contributed by atoms with Crippen molar-refractivity contribution in [3.05, 3.63) is 0 Å². The monoisotopic (exact) mass is 238 g/mol. The van der Waals surface area contributed by atoms with E-state index in [1.165, 1.54) is 13.8 Å². The molecule has 0 radical (unpaired) electrons. The molecule has 16 heavy (non-hydrogen) atoms. The summed E-state index contributed by atoms with van der Waals surface area (Å²) in [5.74, 6) is 0.167. The van der Waals surface area contributed by atoms with E-state index in [0.29, 0.717) is 0 Å². The van der Waals surface area contributed by atoms with Crippen molar-refractivity contribution in [3.8, 4) is 0 Å². The normalized spacial score (nSPS) is 17.4. The quantitative estimate of drug-likeness (QED) is 0.327. The topological polar surface area (TPSA) is 135 Å². The lowest BCUT2D eigenvalue weighted by molar-refractivity contribution is -0.136. The number of ketones is 1. The number of rotatable bonds is 5. The summed E-state index contributed by atoms with van der Waals surface area (Å²) in [5, 5.41) is 43.5. The van der Waals surface area contributed by atoms with Crippen LogP contribution in [-0.4, -0.2) is 68.6 Å². The molecule has 7 nitrogen and oxygen atoms in total. The van der Waals surface area contributed by atoms with Crippen LogP contribution in [0.15, 0.2) is 0 Å². The van der Waals surface area contributed by atoms with Gasteiger partial charge in [-0.05, 0) is 13.8 Å². The van der Waals surface area contributed by atoms with E-state index in [1.54, 1.807) is 0 Å². The minimum Gasteiger partial charge on any atom is -0.394 e. The Labute approximate surface area is 93.0 Å². The van der Waals surface area contributed by atoms with Crippen LogP contribution in [0.4, 0.5) is 0 Å². The minimum atomic E-state index is -1.79. The fourth-order valence-electron chi connectivity index (χ4n) is 0.618. The highest BCUT2D eigenvalue weighted by Crippen LogP contribution is 2.02. The van der Waals surface area contributed by atoms with Gasteiger partial charge in [-0.25, -0.2) is 0 Å². The largest absolute Gasteiger partial charge is 0.394 e. The maximum atomic E-state index is 9.90. The van der Waals surface area contributed by atoms with Crippen LogP contribution in [0.1, 0.15) is 13.8 Å². The number of hydrogen-bond acceptors (Lipinski definition) is 7. The Bertz CT molecular complexity index is 202. The van der Waals surface area contributed by atoms with E-state index in [0.717, 1.165) is 0 Å². The molecule has 0 heterocycles. The second-order valence-corrected chi connectivity index (χ2v) is 3.27. The molecule has 0 aliphatic heterocycles. The molecule has 0 spiro atoms. The average molecular weight is 238 g/mol. The summed E-state index contributed by atoms with van der Waals surface area (Å²) >= 11 is 0. The van der Waals surface area contributed by atoms with Crippen LogP contribution >= 0.6 is 0 Å². The Morgan fingerprint density at radius 1 is 1.12 bits per heavy atom. The predicted octanol–water partition coefficient (Wildman–Crippen LogP) is -2.78. The van der Waals surface area contributed by atoms with Crippen LogP contribution in [-0.2, 0) is 9.59 Å². The summed E-state index contributed by atoms with van der Waals surface area (Å²) in [6.45, 7) is 2.30. The zero-order valence-electron chi connectivity index (χ0n) is 9.15. The first-order valence-corrected chi connectivity index (χ1v) is 4.53. The third kappa shape index (κ3) is 8.45. The molecule has 0 fully saturated rings. The molecular formula is C9H18O7. The molecule has 5 N–H and O–H groups in total. The van der Waals surface area contributed by atoms with E-state index in [-0.39, 0.29) is 12.1 Å². The van der Waals surface area contributed by atoms with Gasteiger partial charge in [0.15, 0.2) is 6.29 Å². The second kappa shape index (κ2) is 9.37. The second-order valence-electron chi connectivity index (χ2n) is 3.27. The minimum absolute atomic E-state index is 0.0258. The van der Waals surface area contributed by atoms with E-state index in [9.17, 15) is 9.59 Å². The van der Waals surface area contributed by atoms with Gasteiger partial charge in [0.25, 0.3) is 0 Å². The molecule has 0 amide bonds. The Morgan fingerprint density at radius 2 is 1.50 bits per heavy atom. The summed E-state index contributed by atoms with van der Waals surface area (Å²) < 4.78 is 0. The molecule has 0 aliphatic carbocycles. The highest BCUT2D eigenvalue weighted by atomic mass is 16.4. The molecule has 0 aromatic carbocycles. The van der Waals surface area contributed by atoms with Crippen molar-refractivity contribution in [1.82, 2.24) is 0 Å². The maximum Gasteiger partial charge on any atom is 0.151 e. The van der Waals surface area contributed by atoms with Crippen LogP contribution in [0.25, 0.3) is 0 Å². The van der Waals surface area contributed by atoms with Crippen LogP contribution in [0.2, 0.25) is 0 Å². The molecule has 0 aromatic rings. The van der Waals surface area contributed by atoms with Gasteiger partial charge in [0.05, 0.1) is 6.61 Å². The third-order valence-corrected chi connectivity index (χ3v) is 1.42. The summed E-state index contributed by atoms with van der Waals surface area (Å²) in [7, 11) is 0. The lowest BCUT2D eigenvalue weighted by atomic mass is 10.0. The Hall–Kier alpha value is -0.860. The van der Waals surface area contributed by atoms with Crippen molar-refractivity contribution in [2.24, 2.45) is 0 Å². The molecule has 4 atom stereocenters. The highest BCUT2D eigenvalue weighted by Gasteiger charge is 2.29. The van der Waals surface area contributed by atoms with Gasteiger partial charge < -0.3 is 35.1 Å². The van der Waals surface area contributed by atoms with Crippen molar-refractivity contribution in [2.45, 2.75) is 38.3 Å². The summed E-state index contributed by atoms with van der Waals surface area (Å²) in [6.07, 6.45) is -6.84. The summed E-state index contributed by atoms with van der Waals surface area (Å²) in [5.41, 5.74) is 0. The summed E-state index contributed by atoms with van der Waals surface area (Å²) in [6, 6.07) is 0. The van der Waals surface area contributed by atoms with Gasteiger partial charge in [0, 0.05) is 0 Å². The molecule has 7 heteroatoms. The van der Waals surface area contributed by atoms with Crippen LogP contribution in [0, 0.1) is 0 Å². The average Bonchev–Trinajstić information content (AvgIpc) is 2.24. The Kier molecular flexibility index (Phi) is 10.3. The Morgan fingerprint density at radius 3 is 1.75 bits per heavy atom. The first-order chi connectivity index (χ1) is 7.27. The lowest BCUT2D eigenvalue weighted by Crippen LogP contribution is -2.46. The van der Waals surface area contributed by atoms with Gasteiger partial charge in [-0.3, -0.25) is 0 Å². The van der Waals surface area contributed by atoms with E-state index < -0.39 is 31.0 Å². The van der Waals surface area contributed by atoms with Crippen molar-refractivity contribution >= 4 is 12.1 Å². The molecule has 0 saturated carbocycles. The number of aldehydes is 1. The number of carbonyl (C=O) groups excluding carboxylic acids is 2. The first kappa shape index (κ1) is 17.5. The molecule has 0 saturated heterocycles. The molecule has 0 bridgehead atoms. The van der Waals surface area contributed by atoms with E-state index >= 15 is 0 Å². The number of aliphatic hydroxyl groups is 5. The van der Waals surface area contributed by atoms with Gasteiger partial charge in [0.2, 0.25) is 0 Å². The standard InChI is InChI=1S/C6H12O6.C3H6O/c7-1-3(9)5(11)6(12)4(10)2-8;1-3(2)4/h1,3-6,8-12H,2H2;1-2H3/t3-,4+,5+,6-;/m0./s1. The van der Waals surface area contributed by atoms with Crippen molar-refractivity contribution in [2.75, 3.05) is 6.61 Å². The molecule has 96 valence electrons. The van der Waals surface area contributed by atoms with E-state index in [4.69, 9.17) is 25.5 Å². The number of Topliss-reactive ketones (excluding diaryl/α,β-unsaturated/α-hetero) is 1. The van der Waals surface area contributed by atoms with E-state index in [2.05, 4.69) is 0 Å². The van der Waals surface area contributed by atoms with Crippen molar-refractivity contribution in [1.29, 1.82) is 0 Å². The molecule has 0 rings (SSSR count). The number of aliphatic hydroxyl groups excluding tert-OH is 5. The molecule has 0 aromatic heterocycles. The van der Waals surface area contributed by atoms with Gasteiger partial charge >= 0.3 is 0 Å². The van der Waals surface area contributed by atoms with Crippen LogP contribution in [0.3, 0.4) is 0 Å². The zero-order valence-corrected chi connectivity index (χ0v) is 9.15. The predicted molar refractivity (Wildman–Crippen MR) is 53.5 cm³/mol. The molecular weight excluding hydrogens is 220 g/mol. The number of hydrogen-bond donors (Lipinski definition) is 5. The smallest absolute Gasteiger partial charge is 0.151 e. The Balaban J connectivity index is 0. The van der Waals surface area contributed by atoms with Gasteiger partial charge in [-0.1, -0.05) is 0 Å². The molecule has 0 aliphatic rings. The van der Waals surface area contributed by atoms with Gasteiger partial charge in [-0.15, -0.1) is 0 Å². The van der Waals surface area contributed by atoms with Crippen LogP contribution < -0.4 is 0 Å². The molecule has 0 unspecified atom stereocenters. The maximum absolute atomic E-state index is 9.90. The van der Waals surface area contributed by atoms with E-state index in [1.807, 2.05) is 0 Å².